The molecule has 2 aromatic heterocycles. The molecule has 0 bridgehead atoms. The SMILES string of the molecule is Cc1ccc(C2(O)CCN(C(=O)Nc3c(C)ccc4nsnc34)CC2)nc1. The number of piperidine rings is 1. The van der Waals surface area contributed by atoms with E-state index in [9.17, 15) is 9.90 Å². The van der Waals surface area contributed by atoms with Crippen molar-refractivity contribution in [1.29, 1.82) is 0 Å². The van der Waals surface area contributed by atoms with Gasteiger partial charge in [0, 0.05) is 19.3 Å². The quantitative estimate of drug-likeness (QED) is 0.709. The summed E-state index contributed by atoms with van der Waals surface area (Å²) in [5, 5.41) is 13.9. The number of rotatable bonds is 2. The molecule has 0 unspecified atom stereocenters. The number of benzene rings is 1. The van der Waals surface area contributed by atoms with E-state index in [0.29, 0.717) is 42.8 Å². The Hall–Kier alpha value is -2.58. The van der Waals surface area contributed by atoms with Gasteiger partial charge in [-0.3, -0.25) is 4.98 Å². The minimum Gasteiger partial charge on any atom is -0.383 e. The second kappa shape index (κ2) is 6.86. The maximum Gasteiger partial charge on any atom is 0.321 e. The number of likely N-dealkylation sites (tertiary alicyclic amines) is 1. The van der Waals surface area contributed by atoms with Crippen LogP contribution < -0.4 is 5.32 Å². The Morgan fingerprint density at radius 1 is 1.19 bits per heavy atom. The van der Waals surface area contributed by atoms with Crippen LogP contribution in [0, 0.1) is 13.8 Å². The summed E-state index contributed by atoms with van der Waals surface area (Å²) < 4.78 is 8.52. The van der Waals surface area contributed by atoms with Gasteiger partial charge in [-0.2, -0.15) is 8.75 Å². The standard InChI is InChI=1S/C19H21N5O2S/c1-12-3-6-15(20-11-12)19(26)7-9-24(10-8-19)18(25)21-16-13(2)4-5-14-17(16)23-27-22-14/h3-6,11,26H,7-10H2,1-2H3,(H,21,25). The first-order chi connectivity index (χ1) is 13.0. The van der Waals surface area contributed by atoms with Crippen LogP contribution in [0.1, 0.15) is 29.7 Å². The molecular weight excluding hydrogens is 362 g/mol. The van der Waals surface area contributed by atoms with Gasteiger partial charge < -0.3 is 15.3 Å². The molecule has 2 N–H and O–H groups in total. The second-order valence-corrected chi connectivity index (χ2v) is 7.59. The lowest BCUT2D eigenvalue weighted by Gasteiger charge is -2.37. The minimum atomic E-state index is -0.987. The van der Waals surface area contributed by atoms with Crippen LogP contribution in [0.3, 0.4) is 0 Å². The molecule has 0 saturated carbocycles. The molecular formula is C19H21N5O2S. The van der Waals surface area contributed by atoms with Crippen molar-refractivity contribution in [3.8, 4) is 0 Å². The smallest absolute Gasteiger partial charge is 0.321 e. The van der Waals surface area contributed by atoms with Crippen LogP contribution in [0.4, 0.5) is 10.5 Å². The highest BCUT2D eigenvalue weighted by molar-refractivity contribution is 7.00. The summed E-state index contributed by atoms with van der Waals surface area (Å²) in [4.78, 5) is 18.8. The summed E-state index contributed by atoms with van der Waals surface area (Å²) >= 11 is 1.13. The molecule has 0 aliphatic carbocycles. The Morgan fingerprint density at radius 2 is 1.96 bits per heavy atom. The van der Waals surface area contributed by atoms with Gasteiger partial charge in [-0.15, -0.1) is 0 Å². The molecule has 140 valence electrons. The molecule has 27 heavy (non-hydrogen) atoms. The van der Waals surface area contributed by atoms with Gasteiger partial charge in [0.25, 0.3) is 0 Å². The first kappa shape index (κ1) is 17.8. The molecule has 4 rings (SSSR count). The first-order valence-electron chi connectivity index (χ1n) is 8.90. The normalized spacial score (nSPS) is 16.5. The summed E-state index contributed by atoms with van der Waals surface area (Å²) in [6.45, 7) is 4.82. The zero-order valence-electron chi connectivity index (χ0n) is 15.3. The van der Waals surface area contributed by atoms with Crippen LogP contribution in [0.5, 0.6) is 0 Å². The van der Waals surface area contributed by atoms with Crippen molar-refractivity contribution in [1.82, 2.24) is 18.6 Å². The number of carbonyl (C=O) groups is 1. The molecule has 1 aromatic carbocycles. The summed E-state index contributed by atoms with van der Waals surface area (Å²) in [6, 6.07) is 7.46. The second-order valence-electron chi connectivity index (χ2n) is 7.06. The summed E-state index contributed by atoms with van der Waals surface area (Å²) in [5.74, 6) is 0. The number of anilines is 1. The Kier molecular flexibility index (Phi) is 4.53. The van der Waals surface area contributed by atoms with Crippen LogP contribution in [-0.4, -0.2) is 42.9 Å². The number of aryl methyl sites for hydroxylation is 2. The van der Waals surface area contributed by atoms with E-state index in [1.807, 2.05) is 38.1 Å². The molecule has 8 heteroatoms. The molecule has 3 heterocycles. The van der Waals surface area contributed by atoms with Crippen LogP contribution >= 0.6 is 11.7 Å². The van der Waals surface area contributed by atoms with E-state index in [2.05, 4.69) is 19.0 Å². The molecule has 1 fully saturated rings. The molecule has 0 atom stereocenters. The minimum absolute atomic E-state index is 0.183. The first-order valence-corrected chi connectivity index (χ1v) is 9.63. The fourth-order valence-corrected chi connectivity index (χ4v) is 3.92. The molecule has 1 aliphatic rings. The molecule has 0 spiro atoms. The van der Waals surface area contributed by atoms with Crippen molar-refractivity contribution in [3.63, 3.8) is 0 Å². The van der Waals surface area contributed by atoms with Crippen LogP contribution in [0.25, 0.3) is 11.0 Å². The number of fused-ring (bicyclic) bond motifs is 1. The lowest BCUT2D eigenvalue weighted by molar-refractivity contribution is -0.0193. The highest BCUT2D eigenvalue weighted by Gasteiger charge is 2.36. The van der Waals surface area contributed by atoms with E-state index in [4.69, 9.17) is 0 Å². The fraction of sp³-hybridized carbons (Fsp3) is 0.368. The number of amides is 2. The Bertz CT molecular complexity index is 977. The molecule has 0 radical (unpaired) electrons. The number of hydrogen-bond donors (Lipinski definition) is 2. The number of nitrogens with one attached hydrogen (secondary N) is 1. The monoisotopic (exact) mass is 383 g/mol. The van der Waals surface area contributed by atoms with Crippen molar-refractivity contribution in [2.45, 2.75) is 32.3 Å². The van der Waals surface area contributed by atoms with Crippen LogP contribution in [0.2, 0.25) is 0 Å². The Morgan fingerprint density at radius 3 is 2.67 bits per heavy atom. The van der Waals surface area contributed by atoms with E-state index in [1.54, 1.807) is 11.1 Å². The van der Waals surface area contributed by atoms with E-state index < -0.39 is 5.60 Å². The van der Waals surface area contributed by atoms with Gasteiger partial charge in [-0.1, -0.05) is 12.1 Å². The van der Waals surface area contributed by atoms with Gasteiger partial charge in [0.2, 0.25) is 0 Å². The summed E-state index contributed by atoms with van der Waals surface area (Å²) in [7, 11) is 0. The van der Waals surface area contributed by atoms with Gasteiger partial charge >= 0.3 is 6.03 Å². The summed E-state index contributed by atoms with van der Waals surface area (Å²) in [6.07, 6.45) is 2.67. The molecule has 7 nitrogen and oxygen atoms in total. The number of aromatic nitrogens is 3. The Labute approximate surface area is 161 Å². The third-order valence-electron chi connectivity index (χ3n) is 5.13. The van der Waals surface area contributed by atoms with Crippen molar-refractivity contribution < 1.29 is 9.90 Å². The topological polar surface area (TPSA) is 91.2 Å². The zero-order valence-corrected chi connectivity index (χ0v) is 16.1. The van der Waals surface area contributed by atoms with Crippen LogP contribution in [0.15, 0.2) is 30.5 Å². The third kappa shape index (κ3) is 3.38. The average Bonchev–Trinajstić information content (AvgIpc) is 3.14. The van der Waals surface area contributed by atoms with Crippen molar-refractivity contribution in [2.75, 3.05) is 18.4 Å². The molecule has 1 aliphatic heterocycles. The highest BCUT2D eigenvalue weighted by Crippen LogP contribution is 2.32. The van der Waals surface area contributed by atoms with E-state index in [-0.39, 0.29) is 6.03 Å². The lowest BCUT2D eigenvalue weighted by atomic mass is 9.87. The number of nitrogens with zero attached hydrogens (tertiary/aromatic N) is 4. The maximum absolute atomic E-state index is 12.8. The van der Waals surface area contributed by atoms with Gasteiger partial charge in [-0.25, -0.2) is 4.79 Å². The Balaban J connectivity index is 1.46. The van der Waals surface area contributed by atoms with E-state index >= 15 is 0 Å². The van der Waals surface area contributed by atoms with Gasteiger partial charge in [-0.05, 0) is 49.9 Å². The highest BCUT2D eigenvalue weighted by atomic mass is 32.1. The number of pyridine rings is 1. The predicted molar refractivity (Wildman–Crippen MR) is 105 cm³/mol. The van der Waals surface area contributed by atoms with E-state index in [0.717, 1.165) is 28.4 Å². The maximum atomic E-state index is 12.8. The zero-order chi connectivity index (χ0) is 19.0. The number of carbonyl (C=O) groups excluding carboxylic acids is 1. The van der Waals surface area contributed by atoms with Gasteiger partial charge in [0.05, 0.1) is 23.1 Å². The van der Waals surface area contributed by atoms with Crippen molar-refractivity contribution >= 4 is 34.5 Å². The number of hydrogen-bond acceptors (Lipinski definition) is 6. The average molecular weight is 383 g/mol. The van der Waals surface area contributed by atoms with E-state index in [1.165, 1.54) is 0 Å². The number of urea groups is 1. The lowest BCUT2D eigenvalue weighted by Crippen LogP contribution is -2.47. The fourth-order valence-electron chi connectivity index (χ4n) is 3.38. The molecule has 1 saturated heterocycles. The third-order valence-corrected chi connectivity index (χ3v) is 5.68. The largest absolute Gasteiger partial charge is 0.383 e. The van der Waals surface area contributed by atoms with Crippen LogP contribution in [-0.2, 0) is 5.60 Å². The summed E-state index contributed by atoms with van der Waals surface area (Å²) in [5.41, 5.74) is 3.88. The predicted octanol–water partition coefficient (Wildman–Crippen LogP) is 3.22. The van der Waals surface area contributed by atoms with Gasteiger partial charge in [0.15, 0.2) is 0 Å². The molecule has 3 aromatic rings. The van der Waals surface area contributed by atoms with Crippen molar-refractivity contribution in [3.05, 3.63) is 47.3 Å². The molecule has 2 amide bonds. The number of aliphatic hydroxyl groups is 1. The van der Waals surface area contributed by atoms with Gasteiger partial charge in [0.1, 0.15) is 16.6 Å². The van der Waals surface area contributed by atoms with Crippen molar-refractivity contribution in [2.24, 2.45) is 0 Å².